The molecule has 1 unspecified atom stereocenters. The Morgan fingerprint density at radius 3 is 2.72 bits per heavy atom. The minimum atomic E-state index is -0.869. The summed E-state index contributed by atoms with van der Waals surface area (Å²) in [5.41, 5.74) is 7.41. The van der Waals surface area contributed by atoms with Crippen molar-refractivity contribution in [3.8, 4) is 5.75 Å². The van der Waals surface area contributed by atoms with Crippen molar-refractivity contribution in [2.75, 3.05) is 18.5 Å². The number of carbonyl (C=O) groups is 3. The van der Waals surface area contributed by atoms with E-state index in [0.29, 0.717) is 34.2 Å². The van der Waals surface area contributed by atoms with E-state index in [-0.39, 0.29) is 31.4 Å². The Kier molecular flexibility index (Phi) is 7.30. The highest BCUT2D eigenvalue weighted by molar-refractivity contribution is 6.30. The highest BCUT2D eigenvalue weighted by Gasteiger charge is 2.53. The van der Waals surface area contributed by atoms with Crippen molar-refractivity contribution >= 4 is 40.7 Å². The third-order valence-corrected chi connectivity index (χ3v) is 6.56. The lowest BCUT2D eigenvalue weighted by Gasteiger charge is -2.23. The summed E-state index contributed by atoms with van der Waals surface area (Å²) in [5.74, 6) is -0.707. The maximum atomic E-state index is 12.9. The molecule has 9 nitrogen and oxygen atoms in total. The summed E-state index contributed by atoms with van der Waals surface area (Å²) in [4.78, 5) is 44.5. The number of nitrogens with one attached hydrogen (secondary N) is 1. The van der Waals surface area contributed by atoms with Gasteiger partial charge in [0.25, 0.3) is 11.8 Å². The number of primary amides is 1. The molecule has 3 amide bonds. The number of nitrogens with two attached hydrogens (primary N) is 1. The first-order valence-corrected chi connectivity index (χ1v) is 11.8. The number of anilines is 1. The van der Waals surface area contributed by atoms with E-state index in [1.165, 1.54) is 4.90 Å². The largest absolute Gasteiger partial charge is 0.484 e. The van der Waals surface area contributed by atoms with Gasteiger partial charge in [-0.3, -0.25) is 14.4 Å². The summed E-state index contributed by atoms with van der Waals surface area (Å²) in [6, 6.07) is 13.1. The molecule has 1 saturated heterocycles. The van der Waals surface area contributed by atoms with Gasteiger partial charge in [-0.15, -0.1) is 0 Å². The van der Waals surface area contributed by atoms with Crippen molar-refractivity contribution in [2.24, 2.45) is 10.9 Å². The Bertz CT molecular complexity index is 1240. The van der Waals surface area contributed by atoms with Crippen LogP contribution in [0.25, 0.3) is 0 Å². The minimum absolute atomic E-state index is 0.146. The van der Waals surface area contributed by atoms with Gasteiger partial charge in [0.05, 0.1) is 12.3 Å². The van der Waals surface area contributed by atoms with Crippen LogP contribution in [0.2, 0.25) is 5.02 Å². The summed E-state index contributed by atoms with van der Waals surface area (Å²) in [5, 5.41) is 7.67. The third-order valence-electron chi connectivity index (χ3n) is 6.31. The van der Waals surface area contributed by atoms with E-state index in [1.54, 1.807) is 50.3 Å². The zero-order valence-electron chi connectivity index (χ0n) is 20.0. The molecule has 2 heterocycles. The van der Waals surface area contributed by atoms with Gasteiger partial charge >= 0.3 is 0 Å². The quantitative estimate of drug-likeness (QED) is 0.553. The average molecular weight is 511 g/mol. The van der Waals surface area contributed by atoms with Crippen LogP contribution in [-0.2, 0) is 19.2 Å². The monoisotopic (exact) mass is 510 g/mol. The molecule has 2 aromatic rings. The molecule has 36 heavy (non-hydrogen) atoms. The molecule has 0 saturated carbocycles. The predicted molar refractivity (Wildman–Crippen MR) is 136 cm³/mol. The summed E-state index contributed by atoms with van der Waals surface area (Å²) in [6.45, 7) is 3.42. The fourth-order valence-corrected chi connectivity index (χ4v) is 4.36. The lowest BCUT2D eigenvalue weighted by atomic mass is 9.91. The maximum absolute atomic E-state index is 12.9. The highest BCUT2D eigenvalue weighted by Crippen LogP contribution is 2.39. The first kappa shape index (κ1) is 25.2. The number of amides is 3. The number of hydrogen-bond donors (Lipinski definition) is 2. The molecule has 2 aromatic carbocycles. The molecule has 188 valence electrons. The van der Waals surface area contributed by atoms with E-state index in [9.17, 15) is 14.4 Å². The van der Waals surface area contributed by atoms with Crippen molar-refractivity contribution in [3.05, 3.63) is 70.8 Å². The Morgan fingerprint density at radius 2 is 2.03 bits per heavy atom. The van der Waals surface area contributed by atoms with Gasteiger partial charge in [0.1, 0.15) is 11.8 Å². The smallest absolute Gasteiger partial charge is 0.261 e. The zero-order valence-corrected chi connectivity index (χ0v) is 20.7. The van der Waals surface area contributed by atoms with Crippen LogP contribution < -0.4 is 15.8 Å². The number of carbonyl (C=O) groups excluding carboxylic acids is 3. The topological polar surface area (TPSA) is 123 Å². The van der Waals surface area contributed by atoms with Crippen LogP contribution in [0.1, 0.15) is 32.3 Å². The van der Waals surface area contributed by atoms with Crippen molar-refractivity contribution < 1.29 is 24.0 Å². The van der Waals surface area contributed by atoms with E-state index in [0.717, 1.165) is 5.56 Å². The Balaban J connectivity index is 1.43. The SMILES string of the molecule is C/C=C(/C)C(=O)Nc1cccc(C2=NOC3(C2)C[C@H](C(N)=O)N(C(=O)COc2ccc(Cl)cc2)C3)c1. The molecule has 1 spiro atoms. The van der Waals surface area contributed by atoms with Crippen molar-refractivity contribution in [2.45, 2.75) is 38.3 Å². The molecule has 4 rings (SSSR count). The highest BCUT2D eigenvalue weighted by atomic mass is 35.5. The Hall–Kier alpha value is -3.85. The Morgan fingerprint density at radius 1 is 1.28 bits per heavy atom. The number of ether oxygens (including phenoxy) is 1. The van der Waals surface area contributed by atoms with Gasteiger partial charge < -0.3 is 25.5 Å². The predicted octanol–water partition coefficient (Wildman–Crippen LogP) is 3.27. The van der Waals surface area contributed by atoms with Crippen LogP contribution >= 0.6 is 11.6 Å². The number of nitrogens with zero attached hydrogens (tertiary/aromatic N) is 2. The lowest BCUT2D eigenvalue weighted by molar-refractivity contribution is -0.139. The fraction of sp³-hybridized carbons (Fsp3) is 0.308. The van der Waals surface area contributed by atoms with Crippen molar-refractivity contribution in [1.29, 1.82) is 0 Å². The normalized spacial score (nSPS) is 21.2. The van der Waals surface area contributed by atoms with Gasteiger partial charge in [0.15, 0.2) is 12.2 Å². The van der Waals surface area contributed by atoms with E-state index in [1.807, 2.05) is 18.2 Å². The van der Waals surface area contributed by atoms with Crippen molar-refractivity contribution in [1.82, 2.24) is 4.90 Å². The molecule has 3 N–H and O–H groups in total. The second kappa shape index (κ2) is 10.4. The second-order valence-electron chi connectivity index (χ2n) is 8.88. The fourth-order valence-electron chi connectivity index (χ4n) is 4.23. The van der Waals surface area contributed by atoms with Crippen LogP contribution in [0.3, 0.4) is 0 Å². The van der Waals surface area contributed by atoms with Gasteiger partial charge in [0, 0.05) is 34.7 Å². The number of allylic oxidation sites excluding steroid dienone is 1. The van der Waals surface area contributed by atoms with Crippen LogP contribution in [0.4, 0.5) is 5.69 Å². The summed E-state index contributed by atoms with van der Waals surface area (Å²) < 4.78 is 5.56. The number of hydrogen-bond acceptors (Lipinski definition) is 6. The number of halogens is 1. The third kappa shape index (κ3) is 5.52. The molecule has 10 heteroatoms. The molecule has 2 aliphatic rings. The second-order valence-corrected chi connectivity index (χ2v) is 9.32. The van der Waals surface area contributed by atoms with Crippen molar-refractivity contribution in [3.63, 3.8) is 0 Å². The first-order valence-electron chi connectivity index (χ1n) is 11.5. The van der Waals surface area contributed by atoms with Crippen LogP contribution in [0.15, 0.2) is 65.3 Å². The summed E-state index contributed by atoms with van der Waals surface area (Å²) >= 11 is 5.88. The van der Waals surface area contributed by atoms with E-state index in [2.05, 4.69) is 10.5 Å². The van der Waals surface area contributed by atoms with Gasteiger partial charge in [-0.05, 0) is 50.2 Å². The van der Waals surface area contributed by atoms with Gasteiger partial charge in [-0.1, -0.05) is 35.0 Å². The number of oxime groups is 1. The maximum Gasteiger partial charge on any atom is 0.261 e. The number of likely N-dealkylation sites (tertiary alicyclic amines) is 1. The minimum Gasteiger partial charge on any atom is -0.484 e. The number of rotatable bonds is 7. The van der Waals surface area contributed by atoms with E-state index >= 15 is 0 Å². The Labute approximate surface area is 213 Å². The van der Waals surface area contributed by atoms with E-state index in [4.69, 9.17) is 26.9 Å². The van der Waals surface area contributed by atoms with Crippen LogP contribution in [0.5, 0.6) is 5.75 Å². The molecular weight excluding hydrogens is 484 g/mol. The first-order chi connectivity index (χ1) is 17.2. The molecule has 1 fully saturated rings. The molecule has 0 aromatic heterocycles. The molecule has 0 bridgehead atoms. The number of benzene rings is 2. The van der Waals surface area contributed by atoms with Crippen LogP contribution in [0, 0.1) is 0 Å². The molecule has 2 atom stereocenters. The molecule has 2 aliphatic heterocycles. The summed E-state index contributed by atoms with van der Waals surface area (Å²) in [6.07, 6.45) is 2.34. The standard InChI is InChI=1S/C26H27ClN4O5/c1-3-16(2)25(34)29-19-6-4-5-17(11-19)21-12-26(36-30-21)13-22(24(28)33)31(15-26)23(32)14-35-20-9-7-18(27)8-10-20/h3-11,22H,12-15H2,1-2H3,(H2,28,33)(H,29,34)/b16-3-/t22-,26?/m1/s1. The van der Waals surface area contributed by atoms with Gasteiger partial charge in [-0.25, -0.2) is 0 Å². The zero-order chi connectivity index (χ0) is 25.9. The van der Waals surface area contributed by atoms with Crippen LogP contribution in [-0.4, -0.2) is 53.1 Å². The molecule has 0 radical (unpaired) electrons. The molecular formula is C26H27ClN4O5. The molecule has 0 aliphatic carbocycles. The van der Waals surface area contributed by atoms with E-state index < -0.39 is 17.6 Å². The lowest BCUT2D eigenvalue weighted by Crippen LogP contribution is -2.45. The van der Waals surface area contributed by atoms with Gasteiger partial charge in [-0.2, -0.15) is 0 Å². The summed E-state index contributed by atoms with van der Waals surface area (Å²) in [7, 11) is 0. The van der Waals surface area contributed by atoms with Gasteiger partial charge in [0.2, 0.25) is 5.91 Å². The average Bonchev–Trinajstić information content (AvgIpc) is 3.47.